The average Bonchev–Trinajstić information content (AvgIpc) is 3.68. The van der Waals surface area contributed by atoms with Crippen LogP contribution in [-0.2, 0) is 6.42 Å². The Bertz CT molecular complexity index is 1910. The van der Waals surface area contributed by atoms with Crippen LogP contribution < -0.4 is 19.7 Å². The first-order chi connectivity index (χ1) is 22.3. The lowest BCUT2D eigenvalue weighted by Gasteiger charge is -2.41. The number of ether oxygens (including phenoxy) is 2. The molecule has 11 heteroatoms. The first kappa shape index (κ1) is 28.4. The third-order valence-electron chi connectivity index (χ3n) is 11.1. The first-order valence-electron chi connectivity index (χ1n) is 16.5. The molecule has 0 aliphatic carbocycles. The summed E-state index contributed by atoms with van der Waals surface area (Å²) in [5, 5.41) is 15.9. The molecule has 2 N–H and O–H groups in total. The van der Waals surface area contributed by atoms with Gasteiger partial charge in [-0.1, -0.05) is 13.0 Å². The Labute approximate surface area is 264 Å². The minimum absolute atomic E-state index is 0.00801. The number of benzene rings is 2. The second kappa shape index (κ2) is 10.3. The van der Waals surface area contributed by atoms with E-state index >= 15 is 8.78 Å². The Balaban J connectivity index is 1.24. The number of rotatable bonds is 5. The maximum absolute atomic E-state index is 17.1. The fourth-order valence-electron chi connectivity index (χ4n) is 9.00. The van der Waals surface area contributed by atoms with Crippen LogP contribution in [0.3, 0.4) is 0 Å². The van der Waals surface area contributed by atoms with Crippen molar-refractivity contribution in [1.29, 1.82) is 0 Å². The van der Waals surface area contributed by atoms with Crippen LogP contribution in [-0.4, -0.2) is 82.7 Å². The van der Waals surface area contributed by atoms with Gasteiger partial charge in [-0.2, -0.15) is 0 Å². The molecule has 2 aromatic heterocycles. The van der Waals surface area contributed by atoms with Crippen LogP contribution in [0.4, 0.5) is 18.9 Å². The molecule has 0 saturated carbocycles. The minimum Gasteiger partial charge on any atom is -0.508 e. The summed E-state index contributed by atoms with van der Waals surface area (Å²) in [6.45, 7) is 4.42. The van der Waals surface area contributed by atoms with Gasteiger partial charge in [0.05, 0.1) is 22.7 Å². The molecule has 4 aromatic rings. The third kappa shape index (κ3) is 4.20. The maximum atomic E-state index is 17.1. The number of pyridine rings is 2. The number of hydrogen-bond donors (Lipinski definition) is 2. The molecule has 7 heterocycles. The lowest BCUT2D eigenvalue weighted by molar-refractivity contribution is 0.111. The predicted octanol–water partition coefficient (Wildman–Crippen LogP) is 5.65. The van der Waals surface area contributed by atoms with Crippen LogP contribution in [0.15, 0.2) is 30.3 Å². The number of aromatic nitrogens is 2. The van der Waals surface area contributed by atoms with Crippen molar-refractivity contribution in [3.05, 3.63) is 47.5 Å². The predicted molar refractivity (Wildman–Crippen MR) is 169 cm³/mol. The lowest BCUT2D eigenvalue weighted by Crippen LogP contribution is -2.59. The number of piperazine rings is 1. The van der Waals surface area contributed by atoms with Gasteiger partial charge in [-0.05, 0) is 73.2 Å². The number of nitrogens with one attached hydrogen (secondary N) is 1. The molecule has 240 valence electrons. The van der Waals surface area contributed by atoms with Crippen LogP contribution in [0.25, 0.3) is 32.9 Å². The van der Waals surface area contributed by atoms with Crippen molar-refractivity contribution in [3.63, 3.8) is 0 Å². The smallest absolute Gasteiger partial charge is 0.225 e. The Morgan fingerprint density at radius 3 is 2.89 bits per heavy atom. The topological polar surface area (TPSA) is 83.0 Å². The second-order valence-corrected chi connectivity index (χ2v) is 13.7. The van der Waals surface area contributed by atoms with E-state index in [0.29, 0.717) is 53.8 Å². The lowest BCUT2D eigenvalue weighted by atomic mass is 9.94. The van der Waals surface area contributed by atoms with Crippen molar-refractivity contribution >= 4 is 27.4 Å². The molecule has 46 heavy (non-hydrogen) atoms. The second-order valence-electron chi connectivity index (χ2n) is 13.7. The molecule has 2 aromatic carbocycles. The van der Waals surface area contributed by atoms with Crippen LogP contribution in [0, 0.1) is 11.6 Å². The number of anilines is 1. The maximum Gasteiger partial charge on any atom is 0.225 e. The molecule has 0 unspecified atom stereocenters. The molecule has 5 aliphatic heterocycles. The number of alkyl halides is 1. The zero-order valence-corrected chi connectivity index (χ0v) is 25.7. The zero-order chi connectivity index (χ0) is 31.3. The van der Waals surface area contributed by atoms with Gasteiger partial charge in [0.2, 0.25) is 11.8 Å². The fraction of sp³-hybridized carbons (Fsp3) is 0.486. The average molecular weight is 632 g/mol. The monoisotopic (exact) mass is 631 g/mol. The standard InChI is InChI=1S/C35H36F3N5O3/c1-2-22-24(37)6-4-18-10-21(44)11-23(29(18)22)32-31(38)33-30-26(43-15-20-5-7-25(39-20)27(43)16-45-34(30)41-32)12-28(40-33)46-17-35-8-3-9-42(35)14-19(36)13-35/h4,6,10-12,19-20,25,27,39,44H,2-3,5,7-9,13-17H2,1H3/t19-,20-,25+,27-,35+/m1/s1. The molecule has 0 amide bonds. The number of halogens is 3. The van der Waals surface area contributed by atoms with Gasteiger partial charge in [-0.25, -0.2) is 23.1 Å². The molecule has 5 aliphatic rings. The number of phenols is 1. The molecule has 5 atom stereocenters. The quantitative estimate of drug-likeness (QED) is 0.293. The van der Waals surface area contributed by atoms with E-state index < -0.39 is 23.3 Å². The van der Waals surface area contributed by atoms with Crippen molar-refractivity contribution in [1.82, 2.24) is 20.2 Å². The molecule has 8 nitrogen and oxygen atoms in total. The van der Waals surface area contributed by atoms with E-state index in [1.165, 1.54) is 12.1 Å². The molecule has 2 bridgehead atoms. The van der Waals surface area contributed by atoms with Crippen LogP contribution >= 0.6 is 0 Å². The van der Waals surface area contributed by atoms with Crippen LogP contribution in [0.2, 0.25) is 0 Å². The molecule has 0 spiro atoms. The summed E-state index contributed by atoms with van der Waals surface area (Å²) in [5.41, 5.74) is 1.01. The summed E-state index contributed by atoms with van der Waals surface area (Å²) in [4.78, 5) is 14.0. The summed E-state index contributed by atoms with van der Waals surface area (Å²) in [6, 6.07) is 8.28. The molecule has 4 saturated heterocycles. The van der Waals surface area contributed by atoms with Gasteiger partial charge >= 0.3 is 0 Å². The number of hydrogen-bond acceptors (Lipinski definition) is 8. The normalized spacial score (nSPS) is 28.4. The highest BCUT2D eigenvalue weighted by atomic mass is 19.1. The van der Waals surface area contributed by atoms with Gasteiger partial charge in [0.15, 0.2) is 5.82 Å². The SMILES string of the molecule is CCc1c(F)ccc2cc(O)cc(-c3nc4c5c(cc(OC[C@@]67CCCN6C[C@H](F)C7)nc5c3F)N3C[C@H]5CC[C@H](N5)[C@H]3CO4)c12. The summed E-state index contributed by atoms with van der Waals surface area (Å²) < 4.78 is 59.5. The van der Waals surface area contributed by atoms with E-state index in [1.807, 2.05) is 13.0 Å². The molecular weight excluding hydrogens is 595 g/mol. The first-order valence-corrected chi connectivity index (χ1v) is 16.5. The molecule has 9 rings (SSSR count). The Morgan fingerprint density at radius 2 is 2.02 bits per heavy atom. The van der Waals surface area contributed by atoms with Crippen LogP contribution in [0.5, 0.6) is 17.5 Å². The van der Waals surface area contributed by atoms with Gasteiger partial charge in [0, 0.05) is 43.2 Å². The Kier molecular flexibility index (Phi) is 6.38. The summed E-state index contributed by atoms with van der Waals surface area (Å²) in [5.74, 6) is -0.684. The van der Waals surface area contributed by atoms with Crippen LogP contribution in [0.1, 0.15) is 44.6 Å². The molecule has 0 radical (unpaired) electrons. The van der Waals surface area contributed by atoms with Gasteiger partial charge < -0.3 is 24.8 Å². The van der Waals surface area contributed by atoms with Gasteiger partial charge in [0.25, 0.3) is 0 Å². The number of phenolic OH excluding ortho intramolecular Hbond substituents is 1. The van der Waals surface area contributed by atoms with Crippen molar-refractivity contribution in [2.45, 2.75) is 75.3 Å². The highest BCUT2D eigenvalue weighted by molar-refractivity contribution is 6.04. The summed E-state index contributed by atoms with van der Waals surface area (Å²) in [6.07, 6.45) is 3.79. The van der Waals surface area contributed by atoms with E-state index in [9.17, 15) is 9.50 Å². The van der Waals surface area contributed by atoms with E-state index in [0.717, 1.165) is 44.5 Å². The highest BCUT2D eigenvalue weighted by Gasteiger charge is 2.49. The van der Waals surface area contributed by atoms with Gasteiger partial charge in [-0.3, -0.25) is 4.90 Å². The number of aromatic hydroxyl groups is 1. The van der Waals surface area contributed by atoms with Crippen molar-refractivity contribution in [3.8, 4) is 28.8 Å². The van der Waals surface area contributed by atoms with E-state index in [1.54, 1.807) is 12.1 Å². The number of nitrogens with zero attached hydrogens (tertiary/aromatic N) is 4. The third-order valence-corrected chi connectivity index (χ3v) is 11.1. The number of aryl methyl sites for hydroxylation is 1. The molecule has 4 fully saturated rings. The fourth-order valence-corrected chi connectivity index (χ4v) is 9.00. The van der Waals surface area contributed by atoms with Crippen molar-refractivity contribution < 1.29 is 27.8 Å². The van der Waals surface area contributed by atoms with Gasteiger partial charge in [0.1, 0.15) is 42.2 Å². The largest absolute Gasteiger partial charge is 0.508 e. The minimum atomic E-state index is -0.893. The zero-order valence-electron chi connectivity index (χ0n) is 25.7. The summed E-state index contributed by atoms with van der Waals surface area (Å²) >= 11 is 0. The van der Waals surface area contributed by atoms with Crippen molar-refractivity contribution in [2.75, 3.05) is 37.7 Å². The highest BCUT2D eigenvalue weighted by Crippen LogP contribution is 2.47. The molecular formula is C35H36F3N5O3. The Hall–Kier alpha value is -3.83. The Morgan fingerprint density at radius 1 is 1.13 bits per heavy atom. The van der Waals surface area contributed by atoms with E-state index in [4.69, 9.17) is 19.4 Å². The van der Waals surface area contributed by atoms with Crippen molar-refractivity contribution in [2.24, 2.45) is 0 Å². The summed E-state index contributed by atoms with van der Waals surface area (Å²) in [7, 11) is 0. The van der Waals surface area contributed by atoms with Gasteiger partial charge in [-0.15, -0.1) is 0 Å². The van der Waals surface area contributed by atoms with E-state index in [2.05, 4.69) is 15.1 Å². The number of fused-ring (bicyclic) bond motifs is 7. The van der Waals surface area contributed by atoms with E-state index in [-0.39, 0.29) is 53.0 Å².